The van der Waals surface area contributed by atoms with E-state index >= 15 is 0 Å². The summed E-state index contributed by atoms with van der Waals surface area (Å²) in [5.74, 6) is -0.658. The lowest BCUT2D eigenvalue weighted by Gasteiger charge is -2.19. The zero-order valence-electron chi connectivity index (χ0n) is 10.8. The van der Waals surface area contributed by atoms with Crippen molar-refractivity contribution in [3.05, 3.63) is 11.1 Å². The van der Waals surface area contributed by atoms with Gasteiger partial charge in [-0.05, 0) is 12.7 Å². The Bertz CT molecular complexity index is 601. The summed E-state index contributed by atoms with van der Waals surface area (Å²) >= 11 is 2.93. The number of hydrogen-bond acceptors (Lipinski definition) is 6. The molecule has 0 aliphatic carbocycles. The van der Waals surface area contributed by atoms with Crippen LogP contribution in [0.25, 0.3) is 0 Å². The molecule has 8 heteroatoms. The minimum Gasteiger partial charge on any atom is -0.336 e. The first-order valence-electron chi connectivity index (χ1n) is 6.17. The van der Waals surface area contributed by atoms with Gasteiger partial charge in [0, 0.05) is 24.9 Å². The zero-order chi connectivity index (χ0) is 14.3. The fraction of sp³-hybridized carbons (Fsp3) is 0.500. The fourth-order valence-electron chi connectivity index (χ4n) is 2.68. The molecule has 2 saturated heterocycles. The molecule has 2 aliphatic rings. The van der Waals surface area contributed by atoms with Gasteiger partial charge in [-0.25, -0.2) is 4.98 Å². The van der Waals surface area contributed by atoms with Crippen LogP contribution in [0, 0.1) is 5.41 Å². The summed E-state index contributed by atoms with van der Waals surface area (Å²) in [4.78, 5) is 41.4. The molecule has 1 N–H and O–H groups in total. The number of amides is 3. The molecule has 0 bridgehead atoms. The van der Waals surface area contributed by atoms with Crippen LogP contribution in [0.4, 0.5) is 0 Å². The first-order valence-corrected chi connectivity index (χ1v) is 8.28. The summed E-state index contributed by atoms with van der Waals surface area (Å²) < 4.78 is 0.844. The molecule has 0 radical (unpaired) electrons. The van der Waals surface area contributed by atoms with Gasteiger partial charge in [-0.1, -0.05) is 11.8 Å². The summed E-state index contributed by atoms with van der Waals surface area (Å²) in [6.45, 7) is 0.793. The number of imide groups is 1. The molecule has 1 atom stereocenters. The summed E-state index contributed by atoms with van der Waals surface area (Å²) in [5.41, 5.74) is -0.299. The van der Waals surface area contributed by atoms with Crippen LogP contribution >= 0.6 is 23.1 Å². The van der Waals surface area contributed by atoms with Gasteiger partial charge in [0.1, 0.15) is 10.0 Å². The smallest absolute Gasteiger partial charge is 0.273 e. The first kappa shape index (κ1) is 13.6. The number of nitrogens with one attached hydrogen (secondary N) is 1. The van der Waals surface area contributed by atoms with E-state index in [4.69, 9.17) is 0 Å². The second-order valence-electron chi connectivity index (χ2n) is 5.01. The van der Waals surface area contributed by atoms with Crippen LogP contribution in [-0.4, -0.2) is 47.0 Å². The van der Waals surface area contributed by atoms with Crippen LogP contribution in [0.2, 0.25) is 0 Å². The van der Waals surface area contributed by atoms with Crippen LogP contribution in [0.15, 0.2) is 9.72 Å². The maximum absolute atomic E-state index is 12.3. The minimum atomic E-state index is -0.717. The van der Waals surface area contributed by atoms with Gasteiger partial charge < -0.3 is 4.90 Å². The quantitative estimate of drug-likeness (QED) is 0.644. The van der Waals surface area contributed by atoms with Crippen molar-refractivity contribution < 1.29 is 14.4 Å². The Hall–Kier alpha value is -1.41. The zero-order valence-corrected chi connectivity index (χ0v) is 12.5. The molecular formula is C12H13N3O3S2. The highest BCUT2D eigenvalue weighted by molar-refractivity contribution is 8.00. The van der Waals surface area contributed by atoms with Crippen LogP contribution in [0.5, 0.6) is 0 Å². The van der Waals surface area contributed by atoms with E-state index in [1.54, 1.807) is 10.3 Å². The number of carbonyl (C=O) groups is 3. The third-order valence-corrected chi connectivity index (χ3v) is 5.61. The predicted molar refractivity (Wildman–Crippen MR) is 74.6 cm³/mol. The van der Waals surface area contributed by atoms with E-state index in [-0.39, 0.29) is 24.1 Å². The molecule has 1 spiro atoms. The molecular weight excluding hydrogens is 298 g/mol. The van der Waals surface area contributed by atoms with Gasteiger partial charge in [-0.3, -0.25) is 19.7 Å². The van der Waals surface area contributed by atoms with E-state index in [1.165, 1.54) is 23.1 Å². The van der Waals surface area contributed by atoms with Crippen molar-refractivity contribution in [3.63, 3.8) is 0 Å². The number of rotatable bonds is 2. The van der Waals surface area contributed by atoms with Crippen molar-refractivity contribution in [1.29, 1.82) is 0 Å². The first-order chi connectivity index (χ1) is 9.54. The topological polar surface area (TPSA) is 79.4 Å². The Morgan fingerprint density at radius 1 is 1.55 bits per heavy atom. The van der Waals surface area contributed by atoms with Crippen molar-refractivity contribution in [3.8, 4) is 0 Å². The Morgan fingerprint density at radius 3 is 2.95 bits per heavy atom. The lowest BCUT2D eigenvalue weighted by molar-refractivity contribution is -0.128. The van der Waals surface area contributed by atoms with E-state index in [2.05, 4.69) is 10.3 Å². The number of aromatic nitrogens is 1. The Balaban J connectivity index is 1.75. The van der Waals surface area contributed by atoms with Crippen molar-refractivity contribution in [2.24, 2.45) is 5.41 Å². The maximum Gasteiger partial charge on any atom is 0.273 e. The number of likely N-dealkylation sites (tertiary alicyclic amines) is 1. The average Bonchev–Trinajstić information content (AvgIpc) is 3.10. The Morgan fingerprint density at radius 2 is 2.35 bits per heavy atom. The lowest BCUT2D eigenvalue weighted by atomic mass is 9.85. The molecule has 20 heavy (non-hydrogen) atoms. The molecule has 106 valence electrons. The van der Waals surface area contributed by atoms with Gasteiger partial charge in [0.15, 0.2) is 0 Å². The summed E-state index contributed by atoms with van der Waals surface area (Å²) in [5, 5.41) is 4.06. The van der Waals surface area contributed by atoms with Gasteiger partial charge in [-0.15, -0.1) is 11.3 Å². The normalized spacial score (nSPS) is 25.6. The van der Waals surface area contributed by atoms with E-state index in [0.29, 0.717) is 25.2 Å². The van der Waals surface area contributed by atoms with E-state index in [0.717, 1.165) is 4.34 Å². The SMILES string of the molecule is CSc1nc(C(=O)N2CC[C@]3(CC(=O)NC3=O)C2)cs1. The van der Waals surface area contributed by atoms with Gasteiger partial charge >= 0.3 is 0 Å². The van der Waals surface area contributed by atoms with Crippen LogP contribution in [0.1, 0.15) is 23.3 Å². The summed E-state index contributed by atoms with van der Waals surface area (Å²) in [6.07, 6.45) is 2.63. The number of nitrogens with zero attached hydrogens (tertiary/aromatic N) is 2. The third kappa shape index (κ3) is 2.12. The van der Waals surface area contributed by atoms with Crippen LogP contribution < -0.4 is 5.32 Å². The summed E-state index contributed by atoms with van der Waals surface area (Å²) in [7, 11) is 0. The molecule has 0 saturated carbocycles. The second kappa shape index (κ2) is 4.85. The second-order valence-corrected chi connectivity index (χ2v) is 6.93. The Kier molecular flexibility index (Phi) is 3.29. The van der Waals surface area contributed by atoms with Crippen molar-refractivity contribution in [2.75, 3.05) is 19.3 Å². The largest absolute Gasteiger partial charge is 0.336 e. The van der Waals surface area contributed by atoms with Crippen molar-refractivity contribution >= 4 is 40.8 Å². The standard InChI is InChI=1S/C12H13N3O3S2/c1-19-11-13-7(5-20-11)9(17)15-3-2-12(6-15)4-8(16)14-10(12)18/h5H,2-4,6H2,1H3,(H,14,16,18)/t12-/m0/s1. The number of thiazole rings is 1. The molecule has 6 nitrogen and oxygen atoms in total. The lowest BCUT2D eigenvalue weighted by Crippen LogP contribution is -2.36. The van der Waals surface area contributed by atoms with E-state index in [9.17, 15) is 14.4 Å². The summed E-state index contributed by atoms with van der Waals surface area (Å²) in [6, 6.07) is 0. The van der Waals surface area contributed by atoms with Crippen LogP contribution in [0.3, 0.4) is 0 Å². The van der Waals surface area contributed by atoms with Gasteiger partial charge in [-0.2, -0.15) is 0 Å². The highest BCUT2D eigenvalue weighted by Gasteiger charge is 2.51. The molecule has 1 aromatic heterocycles. The van der Waals surface area contributed by atoms with E-state index in [1.807, 2.05) is 6.26 Å². The maximum atomic E-state index is 12.3. The van der Waals surface area contributed by atoms with Crippen LogP contribution in [-0.2, 0) is 9.59 Å². The molecule has 3 heterocycles. The van der Waals surface area contributed by atoms with Crippen molar-refractivity contribution in [1.82, 2.24) is 15.2 Å². The Labute approximate surface area is 123 Å². The monoisotopic (exact) mass is 311 g/mol. The highest BCUT2D eigenvalue weighted by Crippen LogP contribution is 2.38. The molecule has 3 rings (SSSR count). The molecule has 0 unspecified atom stereocenters. The minimum absolute atomic E-state index is 0.162. The van der Waals surface area contributed by atoms with Gasteiger partial charge in [0.25, 0.3) is 5.91 Å². The highest BCUT2D eigenvalue weighted by atomic mass is 32.2. The molecule has 2 fully saturated rings. The number of carbonyl (C=O) groups excluding carboxylic acids is 3. The van der Waals surface area contributed by atoms with E-state index < -0.39 is 5.41 Å². The fourth-order valence-corrected chi connectivity index (χ4v) is 3.91. The molecule has 1 aromatic rings. The average molecular weight is 311 g/mol. The molecule has 0 aromatic carbocycles. The third-order valence-electron chi connectivity index (χ3n) is 3.75. The van der Waals surface area contributed by atoms with Crippen molar-refractivity contribution in [2.45, 2.75) is 17.2 Å². The number of thioether (sulfide) groups is 1. The molecule has 2 aliphatic heterocycles. The number of hydrogen-bond donors (Lipinski definition) is 1. The predicted octanol–water partition coefficient (Wildman–Crippen LogP) is 0.744. The molecule has 3 amide bonds. The van der Waals surface area contributed by atoms with Gasteiger partial charge in [0.05, 0.1) is 5.41 Å². The van der Waals surface area contributed by atoms with Gasteiger partial charge in [0.2, 0.25) is 11.8 Å².